The highest BCUT2D eigenvalue weighted by Crippen LogP contribution is 2.33. The zero-order chi connectivity index (χ0) is 19.7. The summed E-state index contributed by atoms with van der Waals surface area (Å²) in [5, 5.41) is 8.73. The first-order valence-electron chi connectivity index (χ1n) is 8.78. The molecule has 1 aliphatic rings. The number of halogens is 2. The monoisotopic (exact) mass is 461 g/mol. The fourth-order valence-corrected chi connectivity index (χ4v) is 3.54. The van der Waals surface area contributed by atoms with Crippen molar-refractivity contribution in [3.05, 3.63) is 63.4 Å². The highest BCUT2D eigenvalue weighted by Gasteiger charge is 2.35. The van der Waals surface area contributed by atoms with E-state index in [9.17, 15) is 4.79 Å². The number of aromatic nitrogens is 2. The number of nitrogens with zero attached hydrogens (tertiary/aromatic N) is 3. The van der Waals surface area contributed by atoms with E-state index < -0.39 is 0 Å². The normalized spacial score (nSPS) is 13.4. The summed E-state index contributed by atoms with van der Waals surface area (Å²) in [6.07, 6.45) is 1.91. The minimum Gasteiger partial charge on any atom is -0.497 e. The molecule has 1 heterocycles. The van der Waals surface area contributed by atoms with E-state index in [1.165, 1.54) is 0 Å². The number of amides is 1. The van der Waals surface area contributed by atoms with Gasteiger partial charge in [0, 0.05) is 10.5 Å². The zero-order valence-corrected chi connectivity index (χ0v) is 17.4. The van der Waals surface area contributed by atoms with Crippen molar-refractivity contribution < 1.29 is 13.9 Å². The van der Waals surface area contributed by atoms with Gasteiger partial charge in [0.15, 0.2) is 0 Å². The average molecular weight is 463 g/mol. The Morgan fingerprint density at radius 2 is 2.07 bits per heavy atom. The molecule has 1 fully saturated rings. The van der Waals surface area contributed by atoms with Crippen molar-refractivity contribution >= 4 is 33.4 Å². The molecule has 0 aliphatic heterocycles. The van der Waals surface area contributed by atoms with E-state index in [1.807, 2.05) is 18.2 Å². The van der Waals surface area contributed by atoms with Crippen LogP contribution < -0.4 is 4.74 Å². The van der Waals surface area contributed by atoms with Gasteiger partial charge in [0.1, 0.15) is 5.75 Å². The maximum Gasteiger partial charge on any atom is 0.255 e. The van der Waals surface area contributed by atoms with E-state index in [0.717, 1.165) is 12.8 Å². The SMILES string of the molecule is COc1ccc(Br)c(C(=O)N(Cc2nnc(-c3ccccc3Cl)o2)C2CC2)c1. The Balaban J connectivity index is 1.59. The van der Waals surface area contributed by atoms with Crippen LogP contribution >= 0.6 is 27.5 Å². The molecule has 0 radical (unpaired) electrons. The van der Waals surface area contributed by atoms with E-state index >= 15 is 0 Å². The van der Waals surface area contributed by atoms with Crippen molar-refractivity contribution in [3.63, 3.8) is 0 Å². The molecule has 0 unspecified atom stereocenters. The predicted octanol–water partition coefficient (Wildman–Crippen LogP) is 4.97. The van der Waals surface area contributed by atoms with Crippen molar-refractivity contribution in [2.24, 2.45) is 0 Å². The predicted molar refractivity (Wildman–Crippen MR) is 108 cm³/mol. The van der Waals surface area contributed by atoms with Gasteiger partial charge in [-0.25, -0.2) is 0 Å². The van der Waals surface area contributed by atoms with Crippen molar-refractivity contribution in [2.45, 2.75) is 25.4 Å². The van der Waals surface area contributed by atoms with Gasteiger partial charge in [-0.15, -0.1) is 10.2 Å². The zero-order valence-electron chi connectivity index (χ0n) is 15.1. The molecule has 1 aliphatic carbocycles. The van der Waals surface area contributed by atoms with E-state index in [4.69, 9.17) is 20.8 Å². The number of carbonyl (C=O) groups excluding carboxylic acids is 1. The summed E-state index contributed by atoms with van der Waals surface area (Å²) in [6.45, 7) is 0.241. The number of hydrogen-bond acceptors (Lipinski definition) is 5. The number of carbonyl (C=O) groups is 1. The minimum absolute atomic E-state index is 0.106. The van der Waals surface area contributed by atoms with Gasteiger partial charge < -0.3 is 14.1 Å². The summed E-state index contributed by atoms with van der Waals surface area (Å²) < 4.78 is 11.7. The second kappa shape index (κ2) is 7.93. The quantitative estimate of drug-likeness (QED) is 0.517. The second-order valence-corrected chi connectivity index (χ2v) is 7.75. The lowest BCUT2D eigenvalue weighted by atomic mass is 10.2. The summed E-state index contributed by atoms with van der Waals surface area (Å²) >= 11 is 9.66. The lowest BCUT2D eigenvalue weighted by molar-refractivity contribution is 0.0713. The molecule has 2 aromatic carbocycles. The first-order chi connectivity index (χ1) is 13.6. The third-order valence-corrected chi connectivity index (χ3v) is 5.55. The van der Waals surface area contributed by atoms with Crippen molar-refractivity contribution in [1.29, 1.82) is 0 Å². The molecule has 0 spiro atoms. The molecular weight excluding hydrogens is 446 g/mol. The molecule has 1 saturated carbocycles. The Morgan fingerprint density at radius 3 is 2.79 bits per heavy atom. The molecule has 1 amide bonds. The van der Waals surface area contributed by atoms with Crippen molar-refractivity contribution in [3.8, 4) is 17.2 Å². The Labute approximate surface area is 175 Å². The van der Waals surface area contributed by atoms with Crippen LogP contribution in [0, 0.1) is 0 Å². The number of benzene rings is 2. The van der Waals surface area contributed by atoms with Crippen LogP contribution in [0.25, 0.3) is 11.5 Å². The number of hydrogen-bond donors (Lipinski definition) is 0. The van der Waals surface area contributed by atoms with E-state index in [2.05, 4.69) is 26.1 Å². The van der Waals surface area contributed by atoms with Crippen LogP contribution in [0.5, 0.6) is 5.75 Å². The lowest BCUT2D eigenvalue weighted by Crippen LogP contribution is -2.33. The molecule has 1 aromatic heterocycles. The summed E-state index contributed by atoms with van der Waals surface area (Å²) in [7, 11) is 1.57. The minimum atomic E-state index is -0.106. The van der Waals surface area contributed by atoms with Gasteiger partial charge in [0.25, 0.3) is 5.91 Å². The molecule has 3 aromatic rings. The topological polar surface area (TPSA) is 68.5 Å². The van der Waals surface area contributed by atoms with Crippen LogP contribution in [0.2, 0.25) is 5.02 Å². The maximum atomic E-state index is 13.2. The standard InChI is InChI=1S/C20H17BrClN3O3/c1-27-13-8-9-16(21)15(10-13)20(26)25(12-6-7-12)11-18-23-24-19(28-18)14-4-2-3-5-17(14)22/h2-5,8-10,12H,6-7,11H2,1H3. The van der Waals surface area contributed by atoms with E-state index in [1.54, 1.807) is 36.3 Å². The maximum absolute atomic E-state index is 13.2. The van der Waals surface area contributed by atoms with Gasteiger partial charge in [-0.05, 0) is 59.1 Å². The number of methoxy groups -OCH3 is 1. The largest absolute Gasteiger partial charge is 0.497 e. The van der Waals surface area contributed by atoms with Gasteiger partial charge in [0.05, 0.1) is 29.8 Å². The molecule has 144 valence electrons. The fraction of sp³-hybridized carbons (Fsp3) is 0.250. The van der Waals surface area contributed by atoms with Crippen LogP contribution in [-0.2, 0) is 6.54 Å². The molecule has 8 heteroatoms. The summed E-state index contributed by atoms with van der Waals surface area (Å²) in [4.78, 5) is 14.9. The molecule has 0 atom stereocenters. The Kier molecular flexibility index (Phi) is 5.37. The van der Waals surface area contributed by atoms with Crippen LogP contribution in [0.3, 0.4) is 0 Å². The molecule has 6 nitrogen and oxygen atoms in total. The Hall–Kier alpha value is -2.38. The molecule has 0 N–H and O–H groups in total. The van der Waals surface area contributed by atoms with Gasteiger partial charge in [0.2, 0.25) is 11.8 Å². The van der Waals surface area contributed by atoms with Crippen LogP contribution in [0.4, 0.5) is 0 Å². The average Bonchev–Trinajstić information content (AvgIpc) is 3.44. The lowest BCUT2D eigenvalue weighted by Gasteiger charge is -2.21. The highest BCUT2D eigenvalue weighted by molar-refractivity contribution is 9.10. The summed E-state index contributed by atoms with van der Waals surface area (Å²) in [5.41, 5.74) is 1.21. The molecule has 0 saturated heterocycles. The van der Waals surface area contributed by atoms with Gasteiger partial charge in [-0.2, -0.15) is 0 Å². The smallest absolute Gasteiger partial charge is 0.255 e. The Morgan fingerprint density at radius 1 is 1.29 bits per heavy atom. The van der Waals surface area contributed by atoms with Crippen molar-refractivity contribution in [1.82, 2.24) is 15.1 Å². The number of ether oxygens (including phenoxy) is 1. The van der Waals surface area contributed by atoms with Crippen molar-refractivity contribution in [2.75, 3.05) is 7.11 Å². The molecular formula is C20H17BrClN3O3. The summed E-state index contributed by atoms with van der Waals surface area (Å²) in [5.74, 6) is 1.23. The van der Waals surface area contributed by atoms with Crippen LogP contribution in [0.15, 0.2) is 51.4 Å². The Bertz CT molecular complexity index is 1020. The third-order valence-electron chi connectivity index (χ3n) is 4.53. The van der Waals surface area contributed by atoms with E-state index in [0.29, 0.717) is 38.2 Å². The van der Waals surface area contributed by atoms with Crippen LogP contribution in [-0.4, -0.2) is 34.2 Å². The number of rotatable bonds is 6. The first-order valence-corrected chi connectivity index (χ1v) is 9.95. The third kappa shape index (κ3) is 3.91. The van der Waals surface area contributed by atoms with Crippen LogP contribution in [0.1, 0.15) is 29.1 Å². The molecule has 0 bridgehead atoms. The van der Waals surface area contributed by atoms with Gasteiger partial charge in [-0.1, -0.05) is 23.7 Å². The van der Waals surface area contributed by atoms with Gasteiger partial charge >= 0.3 is 0 Å². The second-order valence-electron chi connectivity index (χ2n) is 6.49. The molecule has 28 heavy (non-hydrogen) atoms. The highest BCUT2D eigenvalue weighted by atomic mass is 79.9. The molecule has 4 rings (SSSR count). The fourth-order valence-electron chi connectivity index (χ4n) is 2.91. The first kappa shape index (κ1) is 19.0. The van der Waals surface area contributed by atoms with E-state index in [-0.39, 0.29) is 18.5 Å². The van der Waals surface area contributed by atoms with Gasteiger partial charge in [-0.3, -0.25) is 4.79 Å². The summed E-state index contributed by atoms with van der Waals surface area (Å²) in [6, 6.07) is 12.8.